The van der Waals surface area contributed by atoms with Crippen molar-refractivity contribution in [2.45, 2.75) is 52.4 Å². The van der Waals surface area contributed by atoms with E-state index in [0.29, 0.717) is 48.0 Å². The van der Waals surface area contributed by atoms with E-state index < -0.39 is 17.3 Å². The maximum Gasteiger partial charge on any atom is 0.323 e. The summed E-state index contributed by atoms with van der Waals surface area (Å²) in [6.45, 7) is 8.73. The first-order valence-electron chi connectivity index (χ1n) is 15.3. The van der Waals surface area contributed by atoms with E-state index in [0.717, 1.165) is 33.0 Å². The van der Waals surface area contributed by atoms with Crippen molar-refractivity contribution in [3.63, 3.8) is 0 Å². The first-order chi connectivity index (χ1) is 22.5. The second-order valence-corrected chi connectivity index (χ2v) is 13.3. The van der Waals surface area contributed by atoms with Crippen molar-refractivity contribution in [3.8, 4) is 39.6 Å². The average molecular weight is 651 g/mol. The maximum atomic E-state index is 13.3. The number of anilines is 1. The lowest BCUT2D eigenvalue weighted by atomic mass is 9.82. The molecule has 1 atom stereocenters. The minimum absolute atomic E-state index is 0.257. The molecule has 242 valence electrons. The predicted molar refractivity (Wildman–Crippen MR) is 181 cm³/mol. The van der Waals surface area contributed by atoms with E-state index in [4.69, 9.17) is 24.2 Å². The molecule has 5 rings (SSSR count). The van der Waals surface area contributed by atoms with Crippen LogP contribution in [0.2, 0.25) is 0 Å². The highest BCUT2D eigenvalue weighted by molar-refractivity contribution is 7.19. The van der Waals surface area contributed by atoms with Crippen LogP contribution in [0, 0.1) is 35.0 Å². The highest BCUT2D eigenvalue weighted by Crippen LogP contribution is 2.42. The highest BCUT2D eigenvalue weighted by Gasteiger charge is 2.33. The van der Waals surface area contributed by atoms with Gasteiger partial charge in [-0.25, -0.2) is 9.78 Å². The fraction of sp³-hybridized carbons (Fsp3) is 0.361. The SMILES string of the molecule is COc1ccc(C(OC)OC(C)(C)c2cc(-c3sc(NC(=O)N4CCC(C)(C#N)CC4)nc3-c3cccc(C#N)c3)cc(C)n2)cc1. The van der Waals surface area contributed by atoms with E-state index in [9.17, 15) is 15.3 Å². The summed E-state index contributed by atoms with van der Waals surface area (Å²) in [6.07, 6.45) is 0.578. The standard InChI is InChI=1S/C36H38N6O4S/c1-23-18-27(20-29(39-23)35(2,3)46-32(45-6)25-10-12-28(44-5)13-11-25)31-30(26-9-7-8-24(19-26)21-37)40-33(47-31)41-34(43)42-16-14-36(4,22-38)15-17-42/h7-13,18-20,32H,14-17H2,1-6H3,(H,40,41,43). The normalized spacial score (nSPS) is 14.9. The molecule has 1 unspecified atom stereocenters. The Bertz CT molecular complexity index is 1830. The second kappa shape index (κ2) is 13.9. The minimum atomic E-state index is -0.865. The Morgan fingerprint density at radius 2 is 1.77 bits per heavy atom. The molecule has 1 N–H and O–H groups in total. The van der Waals surface area contributed by atoms with Gasteiger partial charge in [0, 0.05) is 37.0 Å². The average Bonchev–Trinajstić information content (AvgIpc) is 3.51. The summed E-state index contributed by atoms with van der Waals surface area (Å²) in [6, 6.07) is 23.0. The summed E-state index contributed by atoms with van der Waals surface area (Å²) in [5.74, 6) is 0.738. The molecular weight excluding hydrogens is 613 g/mol. The molecule has 3 heterocycles. The molecule has 0 saturated carbocycles. The van der Waals surface area contributed by atoms with Gasteiger partial charge in [-0.3, -0.25) is 10.3 Å². The van der Waals surface area contributed by atoms with Crippen LogP contribution in [-0.4, -0.2) is 48.2 Å². The largest absolute Gasteiger partial charge is 0.497 e. The number of aromatic nitrogens is 2. The van der Waals surface area contributed by atoms with E-state index in [1.807, 2.05) is 76.2 Å². The summed E-state index contributed by atoms with van der Waals surface area (Å²) in [4.78, 5) is 25.5. The molecule has 10 nitrogen and oxygen atoms in total. The number of hydrogen-bond donors (Lipinski definition) is 1. The number of piperidine rings is 1. The fourth-order valence-corrected chi connectivity index (χ4v) is 6.40. The number of thiazole rings is 1. The topological polar surface area (TPSA) is 133 Å². The van der Waals surface area contributed by atoms with Crippen LogP contribution in [0.1, 0.15) is 62.4 Å². The summed E-state index contributed by atoms with van der Waals surface area (Å²) >= 11 is 1.35. The molecule has 47 heavy (non-hydrogen) atoms. The van der Waals surface area contributed by atoms with Crippen molar-refractivity contribution in [2.24, 2.45) is 5.41 Å². The minimum Gasteiger partial charge on any atom is -0.497 e. The van der Waals surface area contributed by atoms with Gasteiger partial charge in [0.1, 0.15) is 11.4 Å². The molecule has 1 aliphatic rings. The van der Waals surface area contributed by atoms with Crippen molar-refractivity contribution in [1.29, 1.82) is 10.5 Å². The van der Waals surface area contributed by atoms with Crippen molar-refractivity contribution in [3.05, 3.63) is 83.2 Å². The molecule has 0 radical (unpaired) electrons. The highest BCUT2D eigenvalue weighted by atomic mass is 32.1. The van der Waals surface area contributed by atoms with Gasteiger partial charge in [0.25, 0.3) is 0 Å². The molecule has 2 amide bonds. The van der Waals surface area contributed by atoms with Crippen molar-refractivity contribution in [1.82, 2.24) is 14.9 Å². The van der Waals surface area contributed by atoms with Crippen molar-refractivity contribution < 1.29 is 19.0 Å². The molecule has 0 bridgehead atoms. The van der Waals surface area contributed by atoms with Gasteiger partial charge in [-0.1, -0.05) is 35.6 Å². The third kappa shape index (κ3) is 7.61. The number of aryl methyl sites for hydroxylation is 1. The lowest BCUT2D eigenvalue weighted by Gasteiger charge is -2.34. The molecule has 1 saturated heterocycles. The number of pyridine rings is 1. The number of carbonyl (C=O) groups excluding carboxylic acids is 1. The van der Waals surface area contributed by atoms with Gasteiger partial charge < -0.3 is 19.1 Å². The third-order valence-electron chi connectivity index (χ3n) is 8.37. The van der Waals surface area contributed by atoms with E-state index in [2.05, 4.69) is 17.5 Å². The Kier molecular flexibility index (Phi) is 9.92. The number of nitrogens with zero attached hydrogens (tertiary/aromatic N) is 5. The summed E-state index contributed by atoms with van der Waals surface area (Å²) < 4.78 is 17.5. The van der Waals surface area contributed by atoms with E-state index >= 15 is 0 Å². The van der Waals surface area contributed by atoms with Gasteiger partial charge in [-0.2, -0.15) is 10.5 Å². The van der Waals surface area contributed by atoms with Crippen molar-refractivity contribution >= 4 is 22.5 Å². The maximum absolute atomic E-state index is 13.3. The summed E-state index contributed by atoms with van der Waals surface area (Å²) in [5, 5.41) is 22.5. The molecule has 11 heteroatoms. The monoisotopic (exact) mass is 650 g/mol. The number of hydrogen-bond acceptors (Lipinski definition) is 9. The number of benzene rings is 2. The molecule has 1 fully saturated rings. The van der Waals surface area contributed by atoms with Gasteiger partial charge >= 0.3 is 6.03 Å². The van der Waals surface area contributed by atoms with Crippen LogP contribution in [0.4, 0.5) is 9.93 Å². The van der Waals surface area contributed by atoms with E-state index in [-0.39, 0.29) is 6.03 Å². The Labute approximate surface area is 279 Å². The van der Waals surface area contributed by atoms with Crippen LogP contribution in [0.5, 0.6) is 5.75 Å². The van der Waals surface area contributed by atoms with Crippen LogP contribution in [0.25, 0.3) is 21.7 Å². The number of methoxy groups -OCH3 is 2. The second-order valence-electron chi connectivity index (χ2n) is 12.3. The first-order valence-corrected chi connectivity index (χ1v) is 16.1. The van der Waals surface area contributed by atoms with Crippen LogP contribution < -0.4 is 10.1 Å². The van der Waals surface area contributed by atoms with Gasteiger partial charge in [-0.15, -0.1) is 0 Å². The molecule has 1 aliphatic heterocycles. The molecule has 4 aromatic rings. The Morgan fingerprint density at radius 3 is 2.40 bits per heavy atom. The number of rotatable bonds is 9. The third-order valence-corrected chi connectivity index (χ3v) is 9.39. The number of likely N-dealkylation sites (tertiary alicyclic amines) is 1. The molecule has 0 aliphatic carbocycles. The number of nitrogens with one attached hydrogen (secondary N) is 1. The summed E-state index contributed by atoms with van der Waals surface area (Å²) in [5.41, 5.74) is 3.76. The van der Waals surface area contributed by atoms with Crippen LogP contribution in [-0.2, 0) is 15.1 Å². The fourth-order valence-electron chi connectivity index (χ4n) is 5.44. The number of nitriles is 2. The molecular formula is C36H38N6O4S. The van der Waals surface area contributed by atoms with Crippen LogP contribution >= 0.6 is 11.3 Å². The lowest BCUT2D eigenvalue weighted by molar-refractivity contribution is -0.198. The smallest absolute Gasteiger partial charge is 0.323 e. The first kappa shape index (κ1) is 33.6. The van der Waals surface area contributed by atoms with Gasteiger partial charge in [0.15, 0.2) is 11.4 Å². The quantitative estimate of drug-likeness (QED) is 0.181. The number of amides is 2. The van der Waals surface area contributed by atoms with Gasteiger partial charge in [-0.05, 0) is 82.5 Å². The van der Waals surface area contributed by atoms with Gasteiger partial charge in [0.05, 0.1) is 46.5 Å². The molecule has 0 spiro atoms. The zero-order valence-corrected chi connectivity index (χ0v) is 28.3. The molecule has 2 aromatic heterocycles. The van der Waals surface area contributed by atoms with E-state index in [1.165, 1.54) is 11.3 Å². The zero-order valence-electron chi connectivity index (χ0n) is 27.5. The number of ether oxygens (including phenoxy) is 3. The summed E-state index contributed by atoms with van der Waals surface area (Å²) in [7, 11) is 3.22. The van der Waals surface area contributed by atoms with Gasteiger partial charge in [0.2, 0.25) is 0 Å². The van der Waals surface area contributed by atoms with E-state index in [1.54, 1.807) is 31.3 Å². The van der Waals surface area contributed by atoms with Crippen LogP contribution in [0.15, 0.2) is 60.7 Å². The lowest BCUT2D eigenvalue weighted by Crippen LogP contribution is -2.43. The Morgan fingerprint density at radius 1 is 1.04 bits per heavy atom. The number of urea groups is 1. The molecule has 2 aromatic carbocycles. The van der Waals surface area contributed by atoms with Crippen molar-refractivity contribution in [2.75, 3.05) is 32.6 Å². The zero-order chi connectivity index (χ0) is 33.8. The Hall–Kier alpha value is -4.81. The van der Waals surface area contributed by atoms with Crippen LogP contribution in [0.3, 0.4) is 0 Å². The predicted octanol–water partition coefficient (Wildman–Crippen LogP) is 7.82. The Balaban J connectivity index is 1.49. The number of carbonyl (C=O) groups is 1.